The number of carbonyl (C=O) groups is 1. The number of carbonyl (C=O) groups excluding carboxylic acids is 1. The fraction of sp³-hybridized carbons (Fsp3) is 0.250. The highest BCUT2D eigenvalue weighted by molar-refractivity contribution is 6.43. The first kappa shape index (κ1) is 24.9. The predicted molar refractivity (Wildman–Crippen MR) is 145 cm³/mol. The van der Waals surface area contributed by atoms with Gasteiger partial charge in [0.1, 0.15) is 11.3 Å². The van der Waals surface area contributed by atoms with Crippen molar-refractivity contribution < 1.29 is 18.7 Å². The number of anilines is 1. The molecule has 0 bridgehead atoms. The lowest BCUT2D eigenvalue weighted by Gasteiger charge is -2.32. The maximum Gasteiger partial charge on any atom is 0.255 e. The number of fused-ring (bicyclic) bond motifs is 2. The second kappa shape index (κ2) is 10.4. The number of aromatic nitrogens is 2. The Labute approximate surface area is 228 Å². The van der Waals surface area contributed by atoms with Gasteiger partial charge in [-0.3, -0.25) is 14.8 Å². The molecule has 2 aromatic heterocycles. The number of halogens is 3. The van der Waals surface area contributed by atoms with Gasteiger partial charge in [-0.25, -0.2) is 4.39 Å². The molecule has 7 nitrogen and oxygen atoms in total. The number of benzene rings is 2. The van der Waals surface area contributed by atoms with E-state index >= 15 is 4.39 Å². The van der Waals surface area contributed by atoms with E-state index in [1.54, 1.807) is 18.2 Å². The number of rotatable bonds is 4. The van der Waals surface area contributed by atoms with Gasteiger partial charge < -0.3 is 19.7 Å². The number of nitrogens with one attached hydrogen (secondary N) is 1. The van der Waals surface area contributed by atoms with Gasteiger partial charge in [0, 0.05) is 36.8 Å². The molecule has 0 aliphatic carbocycles. The van der Waals surface area contributed by atoms with Crippen molar-refractivity contribution in [2.45, 2.75) is 12.5 Å². The molecule has 4 aromatic rings. The average molecular weight is 553 g/mol. The van der Waals surface area contributed by atoms with Crippen molar-refractivity contribution in [1.29, 1.82) is 0 Å². The Morgan fingerprint density at radius 3 is 2.68 bits per heavy atom. The Morgan fingerprint density at radius 1 is 1.03 bits per heavy atom. The van der Waals surface area contributed by atoms with Crippen LogP contribution in [0.2, 0.25) is 10.0 Å². The maximum absolute atomic E-state index is 15.6. The fourth-order valence-corrected chi connectivity index (χ4v) is 5.44. The summed E-state index contributed by atoms with van der Waals surface area (Å²) in [5.41, 5.74) is 2.84. The highest BCUT2D eigenvalue weighted by Gasteiger charge is 2.29. The first-order valence-electron chi connectivity index (χ1n) is 12.3. The molecule has 6 rings (SSSR count). The molecule has 10 heteroatoms. The molecule has 1 saturated heterocycles. The smallest absolute Gasteiger partial charge is 0.255 e. The molecule has 2 aliphatic rings. The van der Waals surface area contributed by atoms with Crippen molar-refractivity contribution in [1.82, 2.24) is 15.3 Å². The maximum atomic E-state index is 15.6. The minimum absolute atomic E-state index is 0.202. The molecular formula is C28H23Cl2FN4O3. The van der Waals surface area contributed by atoms with Crippen molar-refractivity contribution >= 4 is 45.7 Å². The van der Waals surface area contributed by atoms with E-state index in [1.807, 2.05) is 29.2 Å². The molecule has 1 amide bonds. The van der Waals surface area contributed by atoms with Crippen LogP contribution in [0.5, 0.6) is 5.75 Å². The molecule has 38 heavy (non-hydrogen) atoms. The summed E-state index contributed by atoms with van der Waals surface area (Å²) in [6.45, 7) is 2.39. The van der Waals surface area contributed by atoms with E-state index in [1.165, 1.54) is 6.20 Å². The van der Waals surface area contributed by atoms with Gasteiger partial charge in [0.05, 0.1) is 64.4 Å². The summed E-state index contributed by atoms with van der Waals surface area (Å²) in [6, 6.07) is 12.6. The van der Waals surface area contributed by atoms with E-state index in [0.717, 1.165) is 17.5 Å². The zero-order chi connectivity index (χ0) is 26.2. The minimum atomic E-state index is -0.582. The van der Waals surface area contributed by atoms with Crippen LogP contribution < -0.4 is 15.0 Å². The van der Waals surface area contributed by atoms with E-state index in [-0.39, 0.29) is 22.9 Å². The summed E-state index contributed by atoms with van der Waals surface area (Å²) >= 11 is 12.7. The molecule has 0 spiro atoms. The third-order valence-corrected chi connectivity index (χ3v) is 7.68. The van der Waals surface area contributed by atoms with E-state index in [2.05, 4.69) is 15.3 Å². The summed E-state index contributed by atoms with van der Waals surface area (Å²) in [5, 5.41) is 3.97. The third-order valence-electron chi connectivity index (χ3n) is 6.86. The van der Waals surface area contributed by atoms with Crippen LogP contribution >= 0.6 is 23.2 Å². The zero-order valence-electron chi connectivity index (χ0n) is 20.2. The van der Waals surface area contributed by atoms with Gasteiger partial charge in [-0.05, 0) is 12.1 Å². The lowest BCUT2D eigenvalue weighted by molar-refractivity contribution is 0.0923. The van der Waals surface area contributed by atoms with Gasteiger partial charge in [0.2, 0.25) is 0 Å². The summed E-state index contributed by atoms with van der Waals surface area (Å²) in [7, 11) is 0. The lowest BCUT2D eigenvalue weighted by Crippen LogP contribution is -2.39. The number of hydrogen-bond acceptors (Lipinski definition) is 6. The molecule has 1 atom stereocenters. The number of ether oxygens (including phenoxy) is 2. The largest absolute Gasteiger partial charge is 0.493 e. The predicted octanol–water partition coefficient (Wildman–Crippen LogP) is 5.83. The van der Waals surface area contributed by atoms with Crippen LogP contribution in [0.3, 0.4) is 0 Å². The first-order chi connectivity index (χ1) is 18.5. The van der Waals surface area contributed by atoms with Gasteiger partial charge in [-0.2, -0.15) is 0 Å². The Hall–Kier alpha value is -3.46. The number of para-hydroxylation sites is 1. The van der Waals surface area contributed by atoms with Crippen LogP contribution in [0.15, 0.2) is 54.9 Å². The normalized spacial score (nSPS) is 17.1. The van der Waals surface area contributed by atoms with Crippen LogP contribution in [0, 0.1) is 5.82 Å². The molecular weight excluding hydrogens is 530 g/mol. The summed E-state index contributed by atoms with van der Waals surface area (Å²) in [4.78, 5) is 24.6. The summed E-state index contributed by atoms with van der Waals surface area (Å²) in [6.07, 6.45) is 3.24. The molecule has 194 valence electrons. The SMILES string of the molecule is O=C(N[C@H]1CCOc2ccccc21)c1cnc2c(-c3cccc(Cl)c3Cl)ncc(F)c2c1N1CCOCC1. The Kier molecular flexibility index (Phi) is 6.78. The van der Waals surface area contributed by atoms with Crippen molar-refractivity contribution in [3.05, 3.63) is 81.8 Å². The number of amides is 1. The second-order valence-corrected chi connectivity index (χ2v) is 9.89. The fourth-order valence-electron chi connectivity index (χ4n) is 5.05. The van der Waals surface area contributed by atoms with Gasteiger partial charge >= 0.3 is 0 Å². The van der Waals surface area contributed by atoms with Gasteiger partial charge in [-0.15, -0.1) is 0 Å². The molecule has 4 heterocycles. The number of hydrogen-bond donors (Lipinski definition) is 1. The van der Waals surface area contributed by atoms with Crippen molar-refractivity contribution in [3.63, 3.8) is 0 Å². The molecule has 2 aromatic carbocycles. The zero-order valence-corrected chi connectivity index (χ0v) is 21.7. The monoisotopic (exact) mass is 552 g/mol. The van der Waals surface area contributed by atoms with Gasteiger partial charge in [0.25, 0.3) is 5.91 Å². The van der Waals surface area contributed by atoms with Crippen molar-refractivity contribution in [2.24, 2.45) is 0 Å². The van der Waals surface area contributed by atoms with E-state index in [4.69, 9.17) is 32.7 Å². The summed E-state index contributed by atoms with van der Waals surface area (Å²) < 4.78 is 26.9. The Morgan fingerprint density at radius 2 is 1.84 bits per heavy atom. The van der Waals surface area contributed by atoms with Crippen LogP contribution in [0.4, 0.5) is 10.1 Å². The van der Waals surface area contributed by atoms with Crippen molar-refractivity contribution in [2.75, 3.05) is 37.8 Å². The number of morpholine rings is 1. The molecule has 0 unspecified atom stereocenters. The van der Waals surface area contributed by atoms with Crippen LogP contribution in [-0.2, 0) is 4.74 Å². The molecule has 1 N–H and O–H groups in total. The average Bonchev–Trinajstić information content (AvgIpc) is 2.95. The number of nitrogens with zero attached hydrogens (tertiary/aromatic N) is 3. The van der Waals surface area contributed by atoms with Gasteiger partial charge in [-0.1, -0.05) is 53.5 Å². The van der Waals surface area contributed by atoms with E-state index in [0.29, 0.717) is 71.8 Å². The van der Waals surface area contributed by atoms with Gasteiger partial charge in [0.15, 0.2) is 5.82 Å². The van der Waals surface area contributed by atoms with Crippen molar-refractivity contribution in [3.8, 4) is 17.0 Å². The topological polar surface area (TPSA) is 76.6 Å². The first-order valence-corrected chi connectivity index (χ1v) is 13.1. The van der Waals surface area contributed by atoms with E-state index < -0.39 is 5.82 Å². The molecule has 2 aliphatic heterocycles. The Balaban J connectivity index is 1.50. The Bertz CT molecular complexity index is 1540. The molecule has 0 radical (unpaired) electrons. The standard InChI is InChI=1S/C28H23Cl2FN4O3/c29-19-6-3-5-17(24(19)30)25-26-23(20(31)15-33-25)27(35-9-12-37-13-10-35)18(14-32-26)28(36)34-21-8-11-38-22-7-2-1-4-16(21)22/h1-7,14-15,21H,8-13H2,(H,34,36)/t21-/m0/s1. The van der Waals surface area contributed by atoms with Crippen LogP contribution in [0.25, 0.3) is 22.2 Å². The second-order valence-electron chi connectivity index (χ2n) is 9.10. The van der Waals surface area contributed by atoms with Crippen LogP contribution in [0.1, 0.15) is 28.4 Å². The molecule has 1 fully saturated rings. The number of pyridine rings is 2. The third kappa shape index (κ3) is 4.42. The molecule has 0 saturated carbocycles. The van der Waals surface area contributed by atoms with Crippen LogP contribution in [-0.4, -0.2) is 48.8 Å². The lowest BCUT2D eigenvalue weighted by atomic mass is 9.99. The highest BCUT2D eigenvalue weighted by atomic mass is 35.5. The quantitative estimate of drug-likeness (QED) is 0.343. The highest BCUT2D eigenvalue weighted by Crippen LogP contribution is 2.40. The van der Waals surface area contributed by atoms with E-state index in [9.17, 15) is 4.79 Å². The summed E-state index contributed by atoms with van der Waals surface area (Å²) in [5.74, 6) is -0.183. The minimum Gasteiger partial charge on any atom is -0.493 e.